The molecule has 2 rings (SSSR count). The SMILES string of the molecule is COc1cc(C(=O)Nc2ccc(Cl)c([N+](=O)[O-])c2)cc(Cl)c1OC. The molecule has 1 N–H and O–H groups in total. The fourth-order valence-electron chi connectivity index (χ4n) is 1.98. The quantitative estimate of drug-likeness (QED) is 0.629. The molecular formula is C15H12Cl2N2O5. The van der Waals surface area contributed by atoms with E-state index in [4.69, 9.17) is 32.7 Å². The minimum Gasteiger partial charge on any atom is -0.493 e. The topological polar surface area (TPSA) is 90.7 Å². The van der Waals surface area contributed by atoms with Gasteiger partial charge in [0.1, 0.15) is 5.02 Å². The average Bonchev–Trinajstić information content (AvgIpc) is 2.55. The highest BCUT2D eigenvalue weighted by Crippen LogP contribution is 2.36. The lowest BCUT2D eigenvalue weighted by Gasteiger charge is -2.12. The van der Waals surface area contributed by atoms with E-state index >= 15 is 0 Å². The molecule has 0 aromatic heterocycles. The molecule has 0 bridgehead atoms. The van der Waals surface area contributed by atoms with Crippen molar-refractivity contribution in [2.45, 2.75) is 0 Å². The van der Waals surface area contributed by atoms with Crippen LogP contribution in [0.5, 0.6) is 11.5 Å². The second-order valence-corrected chi connectivity index (χ2v) is 5.39. The molecule has 7 nitrogen and oxygen atoms in total. The summed E-state index contributed by atoms with van der Waals surface area (Å²) >= 11 is 11.8. The Kier molecular flexibility index (Phi) is 5.48. The van der Waals surface area contributed by atoms with Crippen LogP contribution in [-0.4, -0.2) is 25.1 Å². The molecule has 0 heterocycles. The summed E-state index contributed by atoms with van der Waals surface area (Å²) in [6.45, 7) is 0. The van der Waals surface area contributed by atoms with Gasteiger partial charge in [-0.1, -0.05) is 23.2 Å². The number of carbonyl (C=O) groups is 1. The zero-order chi connectivity index (χ0) is 17.9. The largest absolute Gasteiger partial charge is 0.493 e. The number of rotatable bonds is 5. The summed E-state index contributed by atoms with van der Waals surface area (Å²) in [7, 11) is 2.84. The van der Waals surface area contributed by atoms with Crippen molar-refractivity contribution >= 4 is 40.5 Å². The lowest BCUT2D eigenvalue weighted by Crippen LogP contribution is -2.12. The third-order valence-electron chi connectivity index (χ3n) is 3.10. The number of halogens is 2. The van der Waals surface area contributed by atoms with Gasteiger partial charge in [-0.2, -0.15) is 0 Å². The van der Waals surface area contributed by atoms with Crippen molar-refractivity contribution in [3.05, 3.63) is 56.1 Å². The van der Waals surface area contributed by atoms with Crippen LogP contribution in [-0.2, 0) is 0 Å². The molecule has 0 spiro atoms. The minimum absolute atomic E-state index is 0.0211. The van der Waals surface area contributed by atoms with Crippen LogP contribution >= 0.6 is 23.2 Å². The van der Waals surface area contributed by atoms with Crippen molar-refractivity contribution in [1.29, 1.82) is 0 Å². The van der Waals surface area contributed by atoms with Crippen molar-refractivity contribution in [2.24, 2.45) is 0 Å². The highest BCUT2D eigenvalue weighted by Gasteiger charge is 2.17. The first kappa shape index (κ1) is 17.8. The Morgan fingerprint density at radius 1 is 1.12 bits per heavy atom. The molecule has 0 saturated heterocycles. The first-order chi connectivity index (χ1) is 11.4. The normalized spacial score (nSPS) is 10.2. The highest BCUT2D eigenvalue weighted by atomic mass is 35.5. The van der Waals surface area contributed by atoms with E-state index in [-0.39, 0.29) is 32.7 Å². The van der Waals surface area contributed by atoms with Crippen LogP contribution < -0.4 is 14.8 Å². The maximum absolute atomic E-state index is 12.3. The van der Waals surface area contributed by atoms with Crippen molar-refractivity contribution < 1.29 is 19.2 Å². The molecule has 0 aliphatic carbocycles. The van der Waals surface area contributed by atoms with Crippen LogP contribution in [0.25, 0.3) is 0 Å². The van der Waals surface area contributed by atoms with E-state index in [9.17, 15) is 14.9 Å². The average molecular weight is 371 g/mol. The number of ether oxygens (including phenoxy) is 2. The summed E-state index contributed by atoms with van der Waals surface area (Å²) in [4.78, 5) is 22.6. The predicted molar refractivity (Wildman–Crippen MR) is 90.6 cm³/mol. The number of amides is 1. The Morgan fingerprint density at radius 3 is 2.42 bits per heavy atom. The fraction of sp³-hybridized carbons (Fsp3) is 0.133. The summed E-state index contributed by atoms with van der Waals surface area (Å²) in [5.74, 6) is 0.0737. The maximum Gasteiger partial charge on any atom is 0.289 e. The number of benzene rings is 2. The van der Waals surface area contributed by atoms with Gasteiger partial charge in [0.25, 0.3) is 11.6 Å². The lowest BCUT2D eigenvalue weighted by molar-refractivity contribution is -0.384. The number of nitrogens with zero attached hydrogens (tertiary/aromatic N) is 1. The number of carbonyl (C=O) groups excluding carboxylic acids is 1. The second kappa shape index (κ2) is 7.37. The van der Waals surface area contributed by atoms with Gasteiger partial charge >= 0.3 is 0 Å². The van der Waals surface area contributed by atoms with E-state index in [0.717, 1.165) is 0 Å². The van der Waals surface area contributed by atoms with Crippen LogP contribution in [0, 0.1) is 10.1 Å². The lowest BCUT2D eigenvalue weighted by atomic mass is 10.1. The highest BCUT2D eigenvalue weighted by molar-refractivity contribution is 6.33. The number of hydrogen-bond acceptors (Lipinski definition) is 5. The van der Waals surface area contributed by atoms with Gasteiger partial charge in [0.15, 0.2) is 11.5 Å². The number of nitro groups is 1. The van der Waals surface area contributed by atoms with Crippen LogP contribution in [0.3, 0.4) is 0 Å². The van der Waals surface area contributed by atoms with E-state index in [1.54, 1.807) is 0 Å². The second-order valence-electron chi connectivity index (χ2n) is 4.57. The number of nitro benzene ring substituents is 1. The Labute approximate surface area is 147 Å². The van der Waals surface area contributed by atoms with E-state index in [0.29, 0.717) is 5.75 Å². The molecule has 0 radical (unpaired) electrons. The zero-order valence-corrected chi connectivity index (χ0v) is 14.1. The zero-order valence-electron chi connectivity index (χ0n) is 12.6. The fourth-order valence-corrected chi connectivity index (χ4v) is 2.46. The number of anilines is 1. The van der Waals surface area contributed by atoms with Gasteiger partial charge in [-0.25, -0.2) is 0 Å². The molecule has 2 aromatic rings. The first-order valence-electron chi connectivity index (χ1n) is 6.54. The van der Waals surface area contributed by atoms with Crippen molar-refractivity contribution in [3.8, 4) is 11.5 Å². The summed E-state index contributed by atoms with van der Waals surface area (Å²) in [5.41, 5.74) is 0.122. The van der Waals surface area contributed by atoms with Crippen LogP contribution in [0.4, 0.5) is 11.4 Å². The summed E-state index contributed by atoms with van der Waals surface area (Å²) < 4.78 is 10.2. The number of hydrogen-bond donors (Lipinski definition) is 1. The molecule has 0 atom stereocenters. The third kappa shape index (κ3) is 3.69. The maximum atomic E-state index is 12.3. The smallest absolute Gasteiger partial charge is 0.289 e. The monoisotopic (exact) mass is 370 g/mol. The Morgan fingerprint density at radius 2 is 1.83 bits per heavy atom. The van der Waals surface area contributed by atoms with E-state index in [2.05, 4.69) is 5.32 Å². The Balaban J connectivity index is 2.32. The van der Waals surface area contributed by atoms with Crippen LogP contribution in [0.15, 0.2) is 30.3 Å². The van der Waals surface area contributed by atoms with Gasteiger partial charge < -0.3 is 14.8 Å². The van der Waals surface area contributed by atoms with Crippen LogP contribution in [0.2, 0.25) is 10.0 Å². The molecule has 126 valence electrons. The Hall–Kier alpha value is -2.51. The van der Waals surface area contributed by atoms with Crippen molar-refractivity contribution in [3.63, 3.8) is 0 Å². The molecule has 0 unspecified atom stereocenters. The summed E-state index contributed by atoms with van der Waals surface area (Å²) in [6, 6.07) is 6.81. The predicted octanol–water partition coefficient (Wildman–Crippen LogP) is 4.17. The molecular weight excluding hydrogens is 359 g/mol. The number of methoxy groups -OCH3 is 2. The molecule has 1 amide bonds. The van der Waals surface area contributed by atoms with Gasteiger partial charge in [0.2, 0.25) is 0 Å². The van der Waals surface area contributed by atoms with E-state index in [1.807, 2.05) is 0 Å². The van der Waals surface area contributed by atoms with E-state index < -0.39 is 10.8 Å². The van der Waals surface area contributed by atoms with Gasteiger partial charge in [0, 0.05) is 17.3 Å². The van der Waals surface area contributed by atoms with E-state index in [1.165, 1.54) is 44.6 Å². The molecule has 0 saturated carbocycles. The molecule has 24 heavy (non-hydrogen) atoms. The van der Waals surface area contributed by atoms with Gasteiger partial charge in [-0.3, -0.25) is 14.9 Å². The summed E-state index contributed by atoms with van der Waals surface area (Å²) in [5, 5.41) is 13.6. The van der Waals surface area contributed by atoms with Gasteiger partial charge in [-0.15, -0.1) is 0 Å². The van der Waals surface area contributed by atoms with Crippen molar-refractivity contribution in [2.75, 3.05) is 19.5 Å². The number of nitrogens with one attached hydrogen (secondary N) is 1. The first-order valence-corrected chi connectivity index (χ1v) is 7.29. The van der Waals surface area contributed by atoms with Gasteiger partial charge in [-0.05, 0) is 24.3 Å². The standard InChI is InChI=1S/C15H12Cl2N2O5/c1-23-13-6-8(5-11(17)14(13)24-2)15(20)18-9-3-4-10(16)12(7-9)19(21)22/h3-7H,1-2H3,(H,18,20). The molecule has 2 aromatic carbocycles. The van der Waals surface area contributed by atoms with Crippen LogP contribution in [0.1, 0.15) is 10.4 Å². The van der Waals surface area contributed by atoms with Crippen molar-refractivity contribution in [1.82, 2.24) is 0 Å². The Bertz CT molecular complexity index is 811. The van der Waals surface area contributed by atoms with Gasteiger partial charge in [0.05, 0.1) is 24.2 Å². The molecule has 9 heteroatoms. The molecule has 0 aliphatic rings. The third-order valence-corrected chi connectivity index (χ3v) is 3.70. The molecule has 0 fully saturated rings. The summed E-state index contributed by atoms with van der Waals surface area (Å²) in [6.07, 6.45) is 0. The molecule has 0 aliphatic heterocycles. The minimum atomic E-state index is -0.634.